The lowest BCUT2D eigenvalue weighted by Crippen LogP contribution is -2.24. The van der Waals surface area contributed by atoms with E-state index >= 15 is 0 Å². The molecular formula is C15H18N4O4. The molecule has 1 aliphatic rings. The van der Waals surface area contributed by atoms with Gasteiger partial charge in [0, 0.05) is 24.5 Å². The Bertz CT molecular complexity index is 765. The number of nitrogen functional groups attached to an aromatic ring is 1. The van der Waals surface area contributed by atoms with E-state index in [-0.39, 0.29) is 0 Å². The van der Waals surface area contributed by atoms with Gasteiger partial charge >= 0.3 is 5.97 Å². The molecular weight excluding hydrogens is 300 g/mol. The van der Waals surface area contributed by atoms with Crippen molar-refractivity contribution < 1.29 is 19.4 Å². The van der Waals surface area contributed by atoms with Crippen molar-refractivity contribution in [1.29, 1.82) is 0 Å². The van der Waals surface area contributed by atoms with Crippen molar-refractivity contribution in [3.05, 3.63) is 12.1 Å². The Hall–Kier alpha value is -2.77. The first-order valence-corrected chi connectivity index (χ1v) is 7.20. The zero-order chi connectivity index (χ0) is 16.6. The summed E-state index contributed by atoms with van der Waals surface area (Å²) in [4.78, 5) is 21.7. The fraction of sp³-hybridized carbons (Fsp3) is 0.400. The van der Waals surface area contributed by atoms with Gasteiger partial charge in [-0.15, -0.1) is 0 Å². The van der Waals surface area contributed by atoms with E-state index in [2.05, 4.69) is 9.97 Å². The summed E-state index contributed by atoms with van der Waals surface area (Å²) in [5.74, 6) is 0.660. The highest BCUT2D eigenvalue weighted by molar-refractivity contribution is 5.91. The van der Waals surface area contributed by atoms with Gasteiger partial charge < -0.3 is 25.2 Å². The first kappa shape index (κ1) is 15.1. The summed E-state index contributed by atoms with van der Waals surface area (Å²) in [6.07, 6.45) is 0.572. The van der Waals surface area contributed by atoms with Gasteiger partial charge in [0.15, 0.2) is 11.5 Å². The average molecular weight is 318 g/mol. The number of anilines is 2. The quantitative estimate of drug-likeness (QED) is 0.863. The van der Waals surface area contributed by atoms with E-state index in [0.717, 1.165) is 0 Å². The third-order valence-electron chi connectivity index (χ3n) is 4.04. The van der Waals surface area contributed by atoms with Crippen LogP contribution in [0.5, 0.6) is 11.5 Å². The van der Waals surface area contributed by atoms with Crippen LogP contribution in [0.1, 0.15) is 6.42 Å². The second kappa shape index (κ2) is 5.79. The van der Waals surface area contributed by atoms with E-state index in [9.17, 15) is 4.79 Å². The predicted octanol–water partition coefficient (Wildman–Crippen LogP) is 1.14. The molecule has 1 atom stereocenters. The van der Waals surface area contributed by atoms with Gasteiger partial charge in [-0.25, -0.2) is 4.98 Å². The lowest BCUT2D eigenvalue weighted by molar-refractivity contribution is -0.140. The molecule has 0 spiro atoms. The van der Waals surface area contributed by atoms with E-state index in [0.29, 0.717) is 53.7 Å². The molecule has 1 saturated heterocycles. The molecule has 1 unspecified atom stereocenters. The molecule has 23 heavy (non-hydrogen) atoms. The molecule has 1 aromatic heterocycles. The molecule has 1 aromatic carbocycles. The highest BCUT2D eigenvalue weighted by Gasteiger charge is 2.29. The van der Waals surface area contributed by atoms with E-state index in [1.807, 2.05) is 4.90 Å². The number of ether oxygens (including phenoxy) is 2. The van der Waals surface area contributed by atoms with Crippen molar-refractivity contribution in [1.82, 2.24) is 9.97 Å². The van der Waals surface area contributed by atoms with E-state index in [1.54, 1.807) is 26.4 Å². The summed E-state index contributed by atoms with van der Waals surface area (Å²) >= 11 is 0. The third kappa shape index (κ3) is 2.67. The molecule has 3 N–H and O–H groups in total. The minimum Gasteiger partial charge on any atom is -0.493 e. The van der Waals surface area contributed by atoms with Crippen molar-refractivity contribution in [2.75, 3.05) is 37.9 Å². The standard InChI is InChI=1S/C15H18N4O4/c1-22-11-5-9-10(6-12(11)23-2)17-15(18-13(9)16)19-4-3-8(7-19)14(20)21/h5-6,8H,3-4,7H2,1-2H3,(H,20,21)(H2,16,17,18). The van der Waals surface area contributed by atoms with Gasteiger partial charge in [-0.2, -0.15) is 4.98 Å². The Balaban J connectivity index is 2.02. The molecule has 122 valence electrons. The highest BCUT2D eigenvalue weighted by Crippen LogP contribution is 2.34. The third-order valence-corrected chi connectivity index (χ3v) is 4.04. The Morgan fingerprint density at radius 2 is 2.00 bits per heavy atom. The predicted molar refractivity (Wildman–Crippen MR) is 85.0 cm³/mol. The van der Waals surface area contributed by atoms with Crippen molar-refractivity contribution in [3.8, 4) is 11.5 Å². The highest BCUT2D eigenvalue weighted by atomic mass is 16.5. The van der Waals surface area contributed by atoms with Gasteiger partial charge in [0.25, 0.3) is 0 Å². The maximum absolute atomic E-state index is 11.1. The van der Waals surface area contributed by atoms with E-state index < -0.39 is 11.9 Å². The lowest BCUT2D eigenvalue weighted by atomic mass is 10.1. The molecule has 2 heterocycles. The number of carbonyl (C=O) groups is 1. The Kier molecular flexibility index (Phi) is 3.81. The van der Waals surface area contributed by atoms with Crippen LogP contribution in [0.2, 0.25) is 0 Å². The Morgan fingerprint density at radius 1 is 1.30 bits per heavy atom. The van der Waals surface area contributed by atoms with Crippen LogP contribution in [0.15, 0.2) is 12.1 Å². The van der Waals surface area contributed by atoms with Gasteiger partial charge in [0.1, 0.15) is 5.82 Å². The number of nitrogens with zero attached hydrogens (tertiary/aromatic N) is 3. The van der Waals surface area contributed by atoms with Gasteiger partial charge in [-0.05, 0) is 12.5 Å². The number of fused-ring (bicyclic) bond motifs is 1. The molecule has 0 radical (unpaired) electrons. The van der Waals surface area contributed by atoms with Crippen molar-refractivity contribution in [3.63, 3.8) is 0 Å². The molecule has 2 aromatic rings. The number of hydrogen-bond acceptors (Lipinski definition) is 7. The summed E-state index contributed by atoms with van der Waals surface area (Å²) in [5.41, 5.74) is 6.67. The maximum atomic E-state index is 11.1. The van der Waals surface area contributed by atoms with Crippen LogP contribution in [0, 0.1) is 5.92 Å². The largest absolute Gasteiger partial charge is 0.493 e. The van der Waals surface area contributed by atoms with Crippen LogP contribution in [0.4, 0.5) is 11.8 Å². The molecule has 0 bridgehead atoms. The van der Waals surface area contributed by atoms with Crippen molar-refractivity contribution in [2.24, 2.45) is 5.92 Å². The number of benzene rings is 1. The summed E-state index contributed by atoms with van der Waals surface area (Å²) in [7, 11) is 3.10. The number of hydrogen-bond donors (Lipinski definition) is 2. The smallest absolute Gasteiger partial charge is 0.308 e. The first-order valence-electron chi connectivity index (χ1n) is 7.20. The molecule has 0 amide bonds. The normalized spacial score (nSPS) is 17.5. The van der Waals surface area contributed by atoms with Crippen molar-refractivity contribution >= 4 is 28.6 Å². The number of methoxy groups -OCH3 is 2. The molecule has 1 aliphatic heterocycles. The number of nitrogens with two attached hydrogens (primary N) is 1. The minimum atomic E-state index is -0.798. The van der Waals surface area contributed by atoms with Crippen LogP contribution in [0.25, 0.3) is 10.9 Å². The van der Waals surface area contributed by atoms with Crippen LogP contribution in [0.3, 0.4) is 0 Å². The molecule has 0 aliphatic carbocycles. The maximum Gasteiger partial charge on any atom is 0.308 e. The van der Waals surface area contributed by atoms with Crippen LogP contribution < -0.4 is 20.1 Å². The summed E-state index contributed by atoms with van der Waals surface area (Å²) < 4.78 is 10.5. The molecule has 8 nitrogen and oxygen atoms in total. The number of carboxylic acids is 1. The SMILES string of the molecule is COc1cc2nc(N3CCC(C(=O)O)C3)nc(N)c2cc1OC. The van der Waals surface area contributed by atoms with E-state index in [1.165, 1.54) is 0 Å². The number of rotatable bonds is 4. The zero-order valence-corrected chi connectivity index (χ0v) is 12.9. The molecule has 0 saturated carbocycles. The molecule has 3 rings (SSSR count). The topological polar surface area (TPSA) is 111 Å². The van der Waals surface area contributed by atoms with Crippen molar-refractivity contribution in [2.45, 2.75) is 6.42 Å². The minimum absolute atomic E-state index is 0.324. The summed E-state index contributed by atoms with van der Waals surface area (Å²) in [6.45, 7) is 0.975. The fourth-order valence-electron chi connectivity index (χ4n) is 2.75. The Morgan fingerprint density at radius 3 is 2.61 bits per heavy atom. The summed E-state index contributed by atoms with van der Waals surface area (Å²) in [5, 5.41) is 9.77. The lowest BCUT2D eigenvalue weighted by Gasteiger charge is -2.17. The number of aromatic nitrogens is 2. The van der Waals surface area contributed by atoms with Crippen LogP contribution >= 0.6 is 0 Å². The first-order chi connectivity index (χ1) is 11.0. The van der Waals surface area contributed by atoms with Crippen LogP contribution in [-0.4, -0.2) is 48.4 Å². The Labute approximate surface area is 132 Å². The van der Waals surface area contributed by atoms with Gasteiger partial charge in [0.2, 0.25) is 5.95 Å². The second-order valence-corrected chi connectivity index (χ2v) is 5.40. The molecule has 8 heteroatoms. The van der Waals surface area contributed by atoms with Gasteiger partial charge in [0.05, 0.1) is 25.7 Å². The van der Waals surface area contributed by atoms with Gasteiger partial charge in [-0.1, -0.05) is 0 Å². The zero-order valence-electron chi connectivity index (χ0n) is 12.9. The fourth-order valence-corrected chi connectivity index (χ4v) is 2.75. The molecule has 1 fully saturated rings. The number of aliphatic carboxylic acids is 1. The number of carboxylic acid groups (broad SMARTS) is 1. The average Bonchev–Trinajstić information content (AvgIpc) is 3.03. The monoisotopic (exact) mass is 318 g/mol. The van der Waals surface area contributed by atoms with E-state index in [4.69, 9.17) is 20.3 Å². The summed E-state index contributed by atoms with van der Waals surface area (Å²) in [6, 6.07) is 3.47. The van der Waals surface area contributed by atoms with Gasteiger partial charge in [-0.3, -0.25) is 4.79 Å². The second-order valence-electron chi connectivity index (χ2n) is 5.40. The van der Waals surface area contributed by atoms with Crippen LogP contribution in [-0.2, 0) is 4.79 Å².